The number of rotatable bonds is 4. The number of nitrogens with one attached hydrogen (secondary N) is 1. The first kappa shape index (κ1) is 18.7. The topological polar surface area (TPSA) is 65.5 Å². The molecule has 3 aliphatic rings. The summed E-state index contributed by atoms with van der Waals surface area (Å²) in [5, 5.41) is 3.81. The van der Waals surface area contributed by atoms with Crippen molar-refractivity contribution < 1.29 is 9.59 Å². The van der Waals surface area contributed by atoms with E-state index in [1.165, 1.54) is 37.0 Å². The molecule has 3 fully saturated rings. The van der Waals surface area contributed by atoms with Crippen LogP contribution in [0.15, 0.2) is 6.20 Å². The Balaban J connectivity index is 1.44. The number of carbonyl (C=O) groups excluding carboxylic acids is 2. The van der Waals surface area contributed by atoms with Crippen LogP contribution in [0.25, 0.3) is 0 Å². The summed E-state index contributed by atoms with van der Waals surface area (Å²) in [5.41, 5.74) is 0. The van der Waals surface area contributed by atoms with E-state index in [-0.39, 0.29) is 18.0 Å². The van der Waals surface area contributed by atoms with Gasteiger partial charge in [-0.2, -0.15) is 0 Å². The van der Waals surface area contributed by atoms with Crippen molar-refractivity contribution in [2.45, 2.75) is 82.7 Å². The van der Waals surface area contributed by atoms with Gasteiger partial charge in [0.15, 0.2) is 5.13 Å². The second-order valence-corrected chi connectivity index (χ2v) is 9.27. The second-order valence-electron chi connectivity index (χ2n) is 8.21. The van der Waals surface area contributed by atoms with Gasteiger partial charge in [0.25, 0.3) is 0 Å². The molecule has 0 atom stereocenters. The average molecular weight is 391 g/mol. The molecule has 2 aliphatic carbocycles. The lowest BCUT2D eigenvalue weighted by atomic mass is 9.91. The molecule has 148 valence electrons. The number of aromatic nitrogens is 1. The summed E-state index contributed by atoms with van der Waals surface area (Å²) in [7, 11) is 0. The normalized spacial score (nSPS) is 21.9. The number of likely N-dealkylation sites (tertiary alicyclic amines) is 1. The van der Waals surface area contributed by atoms with Crippen LogP contribution >= 0.6 is 11.3 Å². The number of carbonyl (C=O) groups is 2. The molecule has 1 N–H and O–H groups in total. The summed E-state index contributed by atoms with van der Waals surface area (Å²) in [5.74, 6) is 0.802. The third kappa shape index (κ3) is 4.45. The number of piperidine rings is 1. The molecule has 27 heavy (non-hydrogen) atoms. The Morgan fingerprint density at radius 1 is 1.07 bits per heavy atom. The fourth-order valence-corrected chi connectivity index (χ4v) is 5.48. The number of urea groups is 1. The van der Waals surface area contributed by atoms with Gasteiger partial charge < -0.3 is 9.80 Å². The van der Waals surface area contributed by atoms with E-state index in [0.29, 0.717) is 12.0 Å². The molecule has 0 aromatic carbocycles. The Kier molecular flexibility index (Phi) is 5.66. The zero-order valence-electron chi connectivity index (χ0n) is 16.2. The largest absolute Gasteiger partial charge is 0.343 e. The van der Waals surface area contributed by atoms with E-state index in [1.54, 1.807) is 18.3 Å². The first-order chi connectivity index (χ1) is 13.1. The second kappa shape index (κ2) is 8.17. The molecule has 2 heterocycles. The summed E-state index contributed by atoms with van der Waals surface area (Å²) in [4.78, 5) is 34.6. The van der Waals surface area contributed by atoms with Crippen LogP contribution in [0.4, 0.5) is 9.93 Å². The summed E-state index contributed by atoms with van der Waals surface area (Å²) >= 11 is 1.62. The molecule has 0 unspecified atom stereocenters. The quantitative estimate of drug-likeness (QED) is 0.838. The number of nitrogens with zero attached hydrogens (tertiary/aromatic N) is 3. The summed E-state index contributed by atoms with van der Waals surface area (Å²) in [6.07, 6.45) is 12.0. The molecule has 7 heteroatoms. The minimum absolute atomic E-state index is 0.000119. The number of thiazole rings is 1. The van der Waals surface area contributed by atoms with Crippen molar-refractivity contribution in [1.29, 1.82) is 0 Å². The Morgan fingerprint density at radius 3 is 2.37 bits per heavy atom. The van der Waals surface area contributed by atoms with E-state index in [9.17, 15) is 9.59 Å². The van der Waals surface area contributed by atoms with Gasteiger partial charge >= 0.3 is 6.03 Å². The van der Waals surface area contributed by atoms with Gasteiger partial charge in [0.1, 0.15) is 0 Å². The number of hydrogen-bond acceptors (Lipinski definition) is 4. The molecule has 1 saturated heterocycles. The lowest BCUT2D eigenvalue weighted by molar-refractivity contribution is -0.130. The molecule has 4 rings (SSSR count). The van der Waals surface area contributed by atoms with Crippen LogP contribution in [0.5, 0.6) is 0 Å². The maximum atomic E-state index is 13.2. The minimum Gasteiger partial charge on any atom is -0.343 e. The van der Waals surface area contributed by atoms with Gasteiger partial charge in [0.2, 0.25) is 5.91 Å². The van der Waals surface area contributed by atoms with E-state index in [1.807, 2.05) is 11.1 Å². The zero-order chi connectivity index (χ0) is 18.8. The van der Waals surface area contributed by atoms with Crippen molar-refractivity contribution in [3.05, 3.63) is 11.1 Å². The molecule has 0 bridgehead atoms. The maximum absolute atomic E-state index is 13.2. The highest BCUT2D eigenvalue weighted by Gasteiger charge is 2.35. The van der Waals surface area contributed by atoms with Gasteiger partial charge in [-0.25, -0.2) is 9.78 Å². The van der Waals surface area contributed by atoms with Crippen molar-refractivity contribution in [1.82, 2.24) is 14.8 Å². The van der Waals surface area contributed by atoms with Gasteiger partial charge in [-0.1, -0.05) is 19.3 Å². The van der Waals surface area contributed by atoms with Crippen molar-refractivity contribution in [2.75, 3.05) is 18.4 Å². The maximum Gasteiger partial charge on any atom is 0.324 e. The third-order valence-electron chi connectivity index (χ3n) is 6.22. The van der Waals surface area contributed by atoms with Crippen LogP contribution in [0.1, 0.15) is 75.5 Å². The molecule has 0 radical (unpaired) electrons. The Hall–Kier alpha value is -1.63. The van der Waals surface area contributed by atoms with Crippen molar-refractivity contribution in [2.24, 2.45) is 0 Å². The Morgan fingerprint density at radius 2 is 1.74 bits per heavy atom. The van der Waals surface area contributed by atoms with Crippen molar-refractivity contribution in [3.63, 3.8) is 0 Å². The Labute approximate surface area is 165 Å². The van der Waals surface area contributed by atoms with Gasteiger partial charge in [0, 0.05) is 43.2 Å². The number of hydrogen-bond donors (Lipinski definition) is 1. The molecule has 6 nitrogen and oxygen atoms in total. The molecule has 0 spiro atoms. The molecule has 1 aliphatic heterocycles. The molecule has 3 amide bonds. The highest BCUT2D eigenvalue weighted by molar-refractivity contribution is 7.15. The number of anilines is 1. The van der Waals surface area contributed by atoms with Gasteiger partial charge in [-0.3, -0.25) is 10.1 Å². The summed E-state index contributed by atoms with van der Waals surface area (Å²) in [6.45, 7) is 3.13. The van der Waals surface area contributed by atoms with E-state index in [2.05, 4.69) is 15.2 Å². The van der Waals surface area contributed by atoms with Crippen LogP contribution in [0.2, 0.25) is 0 Å². The molecular formula is C20H30N4O2S. The van der Waals surface area contributed by atoms with Gasteiger partial charge in [0.05, 0.1) is 0 Å². The van der Waals surface area contributed by atoms with E-state index in [0.717, 1.165) is 43.9 Å². The standard InChI is InChI=1S/C20H30N4O2S/c1-14(25)23-11-9-17(10-12-23)24(16-5-3-2-4-6-16)20(26)22-19-21-13-18(27-19)15-7-8-15/h13,15-17H,2-12H2,1H3,(H,21,22,26). The molecule has 1 aromatic rings. The highest BCUT2D eigenvalue weighted by Crippen LogP contribution is 2.43. The molecular weight excluding hydrogens is 360 g/mol. The van der Waals surface area contributed by atoms with Gasteiger partial charge in [-0.05, 0) is 44.4 Å². The van der Waals surface area contributed by atoms with Crippen LogP contribution in [0, 0.1) is 0 Å². The van der Waals surface area contributed by atoms with Crippen LogP contribution < -0.4 is 5.32 Å². The molecule has 2 saturated carbocycles. The first-order valence-corrected chi connectivity index (χ1v) is 11.2. The lowest BCUT2D eigenvalue weighted by Gasteiger charge is -2.43. The van der Waals surface area contributed by atoms with E-state index in [4.69, 9.17) is 0 Å². The summed E-state index contributed by atoms with van der Waals surface area (Å²) in [6, 6.07) is 0.530. The number of amides is 3. The zero-order valence-corrected chi connectivity index (χ0v) is 17.0. The first-order valence-electron chi connectivity index (χ1n) is 10.4. The van der Waals surface area contributed by atoms with Gasteiger partial charge in [-0.15, -0.1) is 11.3 Å². The fourth-order valence-electron chi connectivity index (χ4n) is 4.50. The molecule has 1 aromatic heterocycles. The van der Waals surface area contributed by atoms with Crippen LogP contribution in [-0.4, -0.2) is 51.9 Å². The summed E-state index contributed by atoms with van der Waals surface area (Å²) < 4.78 is 0. The van der Waals surface area contributed by atoms with E-state index >= 15 is 0 Å². The fraction of sp³-hybridized carbons (Fsp3) is 0.750. The average Bonchev–Trinajstić information content (AvgIpc) is 3.43. The predicted octanol–water partition coefficient (Wildman–Crippen LogP) is 4.20. The van der Waals surface area contributed by atoms with Crippen LogP contribution in [-0.2, 0) is 4.79 Å². The third-order valence-corrected chi connectivity index (χ3v) is 7.30. The van der Waals surface area contributed by atoms with Crippen LogP contribution in [0.3, 0.4) is 0 Å². The predicted molar refractivity (Wildman–Crippen MR) is 107 cm³/mol. The highest BCUT2D eigenvalue weighted by atomic mass is 32.1. The van der Waals surface area contributed by atoms with E-state index < -0.39 is 0 Å². The van der Waals surface area contributed by atoms with Crippen molar-refractivity contribution in [3.8, 4) is 0 Å². The smallest absolute Gasteiger partial charge is 0.324 e. The SMILES string of the molecule is CC(=O)N1CCC(N(C(=O)Nc2ncc(C3CC3)s2)C2CCCCC2)CC1. The lowest BCUT2D eigenvalue weighted by Crippen LogP contribution is -2.54. The Bertz CT molecular complexity index is 673. The minimum atomic E-state index is -0.000119. The van der Waals surface area contributed by atoms with Crippen molar-refractivity contribution >= 4 is 28.4 Å². The monoisotopic (exact) mass is 390 g/mol.